The van der Waals surface area contributed by atoms with Gasteiger partial charge in [-0.1, -0.05) is 23.9 Å². The first-order valence-corrected chi connectivity index (χ1v) is 13.9. The Morgan fingerprint density at radius 1 is 1.08 bits per heavy atom. The molecule has 7 nitrogen and oxygen atoms in total. The molecule has 0 atom stereocenters. The number of nitrogens with one attached hydrogen (secondary N) is 1. The Morgan fingerprint density at radius 3 is 2.58 bits per heavy atom. The number of benzene rings is 2. The highest BCUT2D eigenvalue weighted by Crippen LogP contribution is 2.29. The number of carbonyl (C=O) groups excluding carboxylic acids is 1. The van der Waals surface area contributed by atoms with E-state index in [1.807, 2.05) is 41.3 Å². The Hall–Kier alpha value is -3.17. The highest BCUT2D eigenvalue weighted by Gasteiger charge is 2.17. The average Bonchev–Trinajstić information content (AvgIpc) is 3.63. The van der Waals surface area contributed by atoms with Crippen molar-refractivity contribution in [2.45, 2.75) is 50.8 Å². The smallest absolute Gasteiger partial charge is 0.236 e. The molecule has 2 aromatic heterocycles. The van der Waals surface area contributed by atoms with E-state index in [-0.39, 0.29) is 11.7 Å². The molecule has 0 saturated heterocycles. The summed E-state index contributed by atoms with van der Waals surface area (Å²) in [6.07, 6.45) is 5.10. The SMILES string of the molecule is Cc1ccc(-c2csc(NC(=O)CSc3nnc(-c4ccc(OC5CCCC5)cc4)n3C)n2)cc1C. The second-order valence-electron chi connectivity index (χ2n) is 9.09. The molecule has 1 amide bonds. The van der Waals surface area contributed by atoms with Gasteiger partial charge < -0.3 is 14.6 Å². The Morgan fingerprint density at radius 2 is 1.83 bits per heavy atom. The number of ether oxygens (including phenoxy) is 1. The molecular weight excluding hydrogens is 490 g/mol. The van der Waals surface area contributed by atoms with Crippen LogP contribution in [0.4, 0.5) is 5.13 Å². The number of carbonyl (C=O) groups is 1. The fraction of sp³-hybridized carbons (Fsp3) is 0.333. The van der Waals surface area contributed by atoms with Crippen LogP contribution in [0.15, 0.2) is 53.0 Å². The van der Waals surface area contributed by atoms with Crippen LogP contribution in [-0.4, -0.2) is 37.5 Å². The van der Waals surface area contributed by atoms with Gasteiger partial charge in [-0.05, 0) is 81.0 Å². The second-order valence-corrected chi connectivity index (χ2v) is 10.9. The molecule has 1 aliphatic carbocycles. The summed E-state index contributed by atoms with van der Waals surface area (Å²) in [6, 6.07) is 14.3. The van der Waals surface area contributed by atoms with E-state index in [0.29, 0.717) is 16.4 Å². The van der Waals surface area contributed by atoms with Crippen molar-refractivity contribution in [3.8, 4) is 28.4 Å². The number of thiazole rings is 1. The van der Waals surface area contributed by atoms with Crippen LogP contribution in [0.5, 0.6) is 5.75 Å². The van der Waals surface area contributed by atoms with E-state index in [1.54, 1.807) is 0 Å². The molecule has 1 saturated carbocycles. The van der Waals surface area contributed by atoms with Crippen LogP contribution in [0.25, 0.3) is 22.6 Å². The summed E-state index contributed by atoms with van der Waals surface area (Å²) >= 11 is 2.77. The molecule has 0 unspecified atom stereocenters. The fourth-order valence-electron chi connectivity index (χ4n) is 4.22. The minimum Gasteiger partial charge on any atom is -0.490 e. The van der Waals surface area contributed by atoms with Crippen molar-refractivity contribution in [1.82, 2.24) is 19.7 Å². The van der Waals surface area contributed by atoms with E-state index in [1.165, 1.54) is 47.1 Å². The molecule has 1 N–H and O–H groups in total. The van der Waals surface area contributed by atoms with E-state index < -0.39 is 0 Å². The lowest BCUT2D eigenvalue weighted by Gasteiger charge is -2.13. The van der Waals surface area contributed by atoms with Crippen molar-refractivity contribution < 1.29 is 9.53 Å². The third kappa shape index (κ3) is 5.63. The first-order chi connectivity index (χ1) is 17.5. The molecule has 5 rings (SSSR count). The Balaban J connectivity index is 1.16. The van der Waals surface area contributed by atoms with Gasteiger partial charge in [0.15, 0.2) is 16.1 Å². The molecule has 2 aromatic carbocycles. The number of amides is 1. The van der Waals surface area contributed by atoms with Crippen LogP contribution in [0.1, 0.15) is 36.8 Å². The van der Waals surface area contributed by atoms with Gasteiger partial charge in [0.25, 0.3) is 0 Å². The van der Waals surface area contributed by atoms with Crippen molar-refractivity contribution in [3.63, 3.8) is 0 Å². The van der Waals surface area contributed by atoms with Gasteiger partial charge in [0.2, 0.25) is 5.91 Å². The molecule has 0 radical (unpaired) electrons. The van der Waals surface area contributed by atoms with Gasteiger partial charge in [-0.2, -0.15) is 0 Å². The first kappa shape index (κ1) is 24.5. The van der Waals surface area contributed by atoms with Crippen LogP contribution in [0.3, 0.4) is 0 Å². The van der Waals surface area contributed by atoms with E-state index >= 15 is 0 Å². The van der Waals surface area contributed by atoms with Crippen LogP contribution in [-0.2, 0) is 11.8 Å². The summed E-state index contributed by atoms with van der Waals surface area (Å²) in [5, 5.41) is 14.8. The van der Waals surface area contributed by atoms with Crippen molar-refractivity contribution >= 4 is 34.1 Å². The molecule has 186 valence electrons. The number of anilines is 1. The fourth-order valence-corrected chi connectivity index (χ4v) is 5.67. The van der Waals surface area contributed by atoms with Crippen LogP contribution >= 0.6 is 23.1 Å². The Kier molecular flexibility index (Phi) is 7.38. The van der Waals surface area contributed by atoms with Gasteiger partial charge in [-0.3, -0.25) is 4.79 Å². The average molecular weight is 520 g/mol. The van der Waals surface area contributed by atoms with Crippen molar-refractivity contribution in [3.05, 3.63) is 59.0 Å². The van der Waals surface area contributed by atoms with Gasteiger partial charge >= 0.3 is 0 Å². The lowest BCUT2D eigenvalue weighted by molar-refractivity contribution is -0.113. The summed E-state index contributed by atoms with van der Waals surface area (Å²) in [5.74, 6) is 1.74. The van der Waals surface area contributed by atoms with Crippen molar-refractivity contribution in [2.24, 2.45) is 7.05 Å². The zero-order valence-corrected chi connectivity index (χ0v) is 22.3. The molecule has 36 heavy (non-hydrogen) atoms. The van der Waals surface area contributed by atoms with Crippen LogP contribution in [0.2, 0.25) is 0 Å². The standard InChI is InChI=1S/C27H29N5O2S2/c1-17-8-9-20(14-18(17)2)23-15-35-26(28-23)29-24(33)16-36-27-31-30-25(32(27)3)19-10-12-22(13-11-19)34-21-6-4-5-7-21/h8-15,21H,4-7,16H2,1-3H3,(H,28,29,33). The maximum atomic E-state index is 12.6. The number of hydrogen-bond donors (Lipinski definition) is 1. The van der Waals surface area contributed by atoms with Gasteiger partial charge in [0.05, 0.1) is 17.6 Å². The quantitative estimate of drug-likeness (QED) is 0.276. The largest absolute Gasteiger partial charge is 0.490 e. The number of rotatable bonds is 8. The monoisotopic (exact) mass is 519 g/mol. The van der Waals surface area contributed by atoms with Crippen LogP contribution < -0.4 is 10.1 Å². The van der Waals surface area contributed by atoms with Gasteiger partial charge in [-0.15, -0.1) is 21.5 Å². The minimum absolute atomic E-state index is 0.126. The van der Waals surface area contributed by atoms with Gasteiger partial charge in [0, 0.05) is 23.6 Å². The normalized spacial score (nSPS) is 13.8. The maximum absolute atomic E-state index is 12.6. The summed E-state index contributed by atoms with van der Waals surface area (Å²) in [4.78, 5) is 17.1. The molecular formula is C27H29N5O2S2. The molecule has 0 aliphatic heterocycles. The number of thioether (sulfide) groups is 1. The molecule has 0 bridgehead atoms. The predicted octanol–water partition coefficient (Wildman–Crippen LogP) is 6.27. The predicted molar refractivity (Wildman–Crippen MR) is 146 cm³/mol. The Labute approximate surface area is 219 Å². The third-order valence-corrected chi connectivity index (χ3v) is 8.22. The zero-order valence-electron chi connectivity index (χ0n) is 20.7. The first-order valence-electron chi connectivity index (χ1n) is 12.1. The zero-order chi connectivity index (χ0) is 25.1. The molecule has 9 heteroatoms. The van der Waals surface area contributed by atoms with E-state index in [9.17, 15) is 4.79 Å². The van der Waals surface area contributed by atoms with Crippen molar-refractivity contribution in [2.75, 3.05) is 11.1 Å². The number of nitrogens with zero attached hydrogens (tertiary/aromatic N) is 4. The van der Waals surface area contributed by atoms with Gasteiger partial charge in [0.1, 0.15) is 5.75 Å². The highest BCUT2D eigenvalue weighted by molar-refractivity contribution is 7.99. The van der Waals surface area contributed by atoms with Gasteiger partial charge in [-0.25, -0.2) is 4.98 Å². The second kappa shape index (κ2) is 10.8. The topological polar surface area (TPSA) is 81.9 Å². The minimum atomic E-state index is -0.126. The lowest BCUT2D eigenvalue weighted by Crippen LogP contribution is -2.14. The summed E-state index contributed by atoms with van der Waals surface area (Å²) in [5.41, 5.74) is 5.34. The highest BCUT2D eigenvalue weighted by atomic mass is 32.2. The van der Waals surface area contributed by atoms with E-state index in [2.05, 4.69) is 52.5 Å². The molecule has 2 heterocycles. The maximum Gasteiger partial charge on any atom is 0.236 e. The molecule has 0 spiro atoms. The summed E-state index contributed by atoms with van der Waals surface area (Å²) < 4.78 is 7.96. The molecule has 1 aliphatic rings. The van der Waals surface area contributed by atoms with E-state index in [0.717, 1.165) is 41.2 Å². The molecule has 1 fully saturated rings. The van der Waals surface area contributed by atoms with E-state index in [4.69, 9.17) is 4.74 Å². The third-order valence-electron chi connectivity index (χ3n) is 6.44. The Bertz CT molecular complexity index is 1360. The lowest BCUT2D eigenvalue weighted by atomic mass is 10.1. The van der Waals surface area contributed by atoms with Crippen molar-refractivity contribution in [1.29, 1.82) is 0 Å². The van der Waals surface area contributed by atoms with Crippen LogP contribution in [0, 0.1) is 13.8 Å². The summed E-state index contributed by atoms with van der Waals surface area (Å²) in [7, 11) is 1.91. The molecule has 4 aromatic rings. The number of aromatic nitrogens is 4. The number of aryl methyl sites for hydroxylation is 2. The number of hydrogen-bond acceptors (Lipinski definition) is 7. The summed E-state index contributed by atoms with van der Waals surface area (Å²) in [6.45, 7) is 4.18.